The van der Waals surface area contributed by atoms with Crippen LogP contribution in [0.15, 0.2) is 77.8 Å². The molecular formula is C41H48N2OS. The zero-order chi connectivity index (χ0) is 32.9. The van der Waals surface area contributed by atoms with Crippen molar-refractivity contribution in [2.24, 2.45) is 4.99 Å². The Kier molecular flexibility index (Phi) is 8.61. The van der Waals surface area contributed by atoms with Gasteiger partial charge in [0.1, 0.15) is 10.8 Å². The van der Waals surface area contributed by atoms with Crippen molar-refractivity contribution >= 4 is 33.5 Å². The second-order valence-electron chi connectivity index (χ2n) is 15.7. The van der Waals surface area contributed by atoms with Crippen LogP contribution < -0.4 is 0 Å². The molecule has 4 aromatic carbocycles. The molecular weight excluding hydrogens is 569 g/mol. The lowest BCUT2D eigenvalue weighted by atomic mass is 9.79. The number of fused-ring (bicyclic) bond motifs is 1. The summed E-state index contributed by atoms with van der Waals surface area (Å²) < 4.78 is 1.17. The second kappa shape index (κ2) is 11.9. The van der Waals surface area contributed by atoms with Crippen LogP contribution in [0.1, 0.15) is 110 Å². The molecule has 0 spiro atoms. The van der Waals surface area contributed by atoms with Gasteiger partial charge in [-0.2, -0.15) is 0 Å². The minimum absolute atomic E-state index is 0.000451. The van der Waals surface area contributed by atoms with E-state index in [1.807, 2.05) is 24.4 Å². The molecule has 1 N–H and O–H groups in total. The molecule has 0 saturated heterocycles. The van der Waals surface area contributed by atoms with Gasteiger partial charge in [0, 0.05) is 28.5 Å². The molecule has 0 radical (unpaired) electrons. The van der Waals surface area contributed by atoms with E-state index in [1.165, 1.54) is 32.5 Å². The van der Waals surface area contributed by atoms with E-state index in [9.17, 15) is 5.11 Å². The summed E-state index contributed by atoms with van der Waals surface area (Å²) in [5.41, 5.74) is 10.4. The monoisotopic (exact) mass is 616 g/mol. The third kappa shape index (κ3) is 6.92. The van der Waals surface area contributed by atoms with Crippen LogP contribution in [0, 0.1) is 0 Å². The highest BCUT2D eigenvalue weighted by Gasteiger charge is 2.25. The van der Waals surface area contributed by atoms with Crippen LogP contribution in [0.4, 0.5) is 5.69 Å². The fourth-order valence-corrected chi connectivity index (χ4v) is 6.60. The van der Waals surface area contributed by atoms with Crippen molar-refractivity contribution in [3.05, 3.63) is 101 Å². The number of rotatable bonds is 5. The first-order chi connectivity index (χ1) is 20.9. The Morgan fingerprint density at radius 3 is 2.04 bits per heavy atom. The average Bonchev–Trinajstić information content (AvgIpc) is 3.39. The average molecular weight is 617 g/mol. The van der Waals surface area contributed by atoms with Crippen molar-refractivity contribution in [1.82, 2.24) is 4.98 Å². The molecule has 3 nitrogen and oxygen atoms in total. The molecule has 45 heavy (non-hydrogen) atoms. The number of nitrogens with zero attached hydrogens (tertiary/aromatic N) is 2. The van der Waals surface area contributed by atoms with E-state index in [0.29, 0.717) is 11.7 Å². The number of phenols is 1. The highest BCUT2D eigenvalue weighted by atomic mass is 32.1. The van der Waals surface area contributed by atoms with E-state index in [0.717, 1.165) is 32.9 Å². The summed E-state index contributed by atoms with van der Waals surface area (Å²) in [4.78, 5) is 10.3. The number of aromatic nitrogens is 1. The SMILES string of the molecule is CC(C)c1cccc(-c2cc(C(C)(C)C)cc3sc(-c4ccccc4N=Cc4cc(C(C)(C)C)cc(C(C)(C)C)c4O)nc23)c1. The predicted octanol–water partition coefficient (Wildman–Crippen LogP) is 12.1. The summed E-state index contributed by atoms with van der Waals surface area (Å²) in [6.45, 7) is 24.3. The summed E-state index contributed by atoms with van der Waals surface area (Å²) in [7, 11) is 0. The Bertz CT molecular complexity index is 1890. The summed E-state index contributed by atoms with van der Waals surface area (Å²) in [6.07, 6.45) is 1.81. The van der Waals surface area contributed by atoms with E-state index in [4.69, 9.17) is 9.98 Å². The number of para-hydroxylation sites is 1. The van der Waals surface area contributed by atoms with E-state index in [2.05, 4.69) is 131 Å². The molecule has 0 unspecified atom stereocenters. The third-order valence-corrected chi connectivity index (χ3v) is 9.55. The van der Waals surface area contributed by atoms with E-state index < -0.39 is 0 Å². The first-order valence-electron chi connectivity index (χ1n) is 16.0. The van der Waals surface area contributed by atoms with Gasteiger partial charge in [0.05, 0.1) is 15.9 Å². The topological polar surface area (TPSA) is 45.5 Å². The summed E-state index contributed by atoms with van der Waals surface area (Å²) in [5.74, 6) is 0.740. The minimum Gasteiger partial charge on any atom is -0.507 e. The molecule has 0 saturated carbocycles. The van der Waals surface area contributed by atoms with Crippen LogP contribution in [0.3, 0.4) is 0 Å². The Balaban J connectivity index is 1.66. The molecule has 0 bridgehead atoms. The fourth-order valence-electron chi connectivity index (χ4n) is 5.53. The van der Waals surface area contributed by atoms with Gasteiger partial charge in [-0.05, 0) is 74.7 Å². The molecule has 0 atom stereocenters. The molecule has 0 aliphatic rings. The van der Waals surface area contributed by atoms with Gasteiger partial charge in [-0.3, -0.25) is 4.99 Å². The van der Waals surface area contributed by atoms with Crippen LogP contribution in [0.25, 0.3) is 31.9 Å². The zero-order valence-electron chi connectivity index (χ0n) is 28.8. The first-order valence-corrected chi connectivity index (χ1v) is 16.8. The summed E-state index contributed by atoms with van der Waals surface area (Å²) in [6, 6.07) is 25.9. The standard InChI is InChI=1S/C41H48N2OS/c1-25(2)26-15-14-16-27(19-26)32-21-30(40(6,7)8)23-35-36(32)43-38(45-35)31-17-12-13-18-34(31)42-24-28-20-29(39(3,4)5)22-33(37(28)44)41(9,10)11/h12-25,44H,1-11H3. The highest BCUT2D eigenvalue weighted by molar-refractivity contribution is 7.21. The van der Waals surface area contributed by atoms with Gasteiger partial charge >= 0.3 is 0 Å². The van der Waals surface area contributed by atoms with E-state index in [-0.39, 0.29) is 16.2 Å². The number of thiazole rings is 1. The van der Waals surface area contributed by atoms with Crippen molar-refractivity contribution in [3.63, 3.8) is 0 Å². The van der Waals surface area contributed by atoms with Crippen molar-refractivity contribution < 1.29 is 5.11 Å². The molecule has 234 valence electrons. The van der Waals surface area contributed by atoms with Gasteiger partial charge in [0.15, 0.2) is 0 Å². The van der Waals surface area contributed by atoms with Gasteiger partial charge in [-0.15, -0.1) is 11.3 Å². The maximum absolute atomic E-state index is 11.4. The van der Waals surface area contributed by atoms with Gasteiger partial charge in [0.25, 0.3) is 0 Å². The predicted molar refractivity (Wildman–Crippen MR) is 196 cm³/mol. The largest absolute Gasteiger partial charge is 0.507 e. The maximum Gasteiger partial charge on any atom is 0.128 e. The highest BCUT2D eigenvalue weighted by Crippen LogP contribution is 2.42. The number of hydrogen-bond acceptors (Lipinski definition) is 4. The summed E-state index contributed by atoms with van der Waals surface area (Å²) >= 11 is 1.72. The number of aromatic hydroxyl groups is 1. The zero-order valence-corrected chi connectivity index (χ0v) is 29.6. The van der Waals surface area contributed by atoms with Crippen molar-refractivity contribution in [1.29, 1.82) is 0 Å². The molecule has 1 aromatic heterocycles. The van der Waals surface area contributed by atoms with Gasteiger partial charge < -0.3 is 5.11 Å². The minimum atomic E-state index is -0.203. The van der Waals surface area contributed by atoms with Crippen LogP contribution in [-0.2, 0) is 16.2 Å². The lowest BCUT2D eigenvalue weighted by Crippen LogP contribution is -2.17. The molecule has 5 rings (SSSR count). The first kappa shape index (κ1) is 32.6. The Morgan fingerprint density at radius 2 is 1.40 bits per heavy atom. The van der Waals surface area contributed by atoms with E-state index >= 15 is 0 Å². The maximum atomic E-state index is 11.4. The van der Waals surface area contributed by atoms with Crippen molar-refractivity contribution in [3.8, 4) is 27.4 Å². The molecule has 1 heterocycles. The molecule has 0 amide bonds. The lowest BCUT2D eigenvalue weighted by molar-refractivity contribution is 0.444. The normalized spacial score (nSPS) is 13.0. The lowest BCUT2D eigenvalue weighted by Gasteiger charge is -2.27. The number of phenolic OH excluding ortho intramolecular Hbond substituents is 1. The summed E-state index contributed by atoms with van der Waals surface area (Å²) in [5, 5.41) is 12.3. The van der Waals surface area contributed by atoms with Gasteiger partial charge in [0.2, 0.25) is 0 Å². The molecule has 4 heteroatoms. The number of benzene rings is 4. The third-order valence-electron chi connectivity index (χ3n) is 8.52. The molecule has 5 aromatic rings. The molecule has 0 fully saturated rings. The van der Waals surface area contributed by atoms with Gasteiger partial charge in [-0.25, -0.2) is 4.98 Å². The second-order valence-corrected chi connectivity index (χ2v) is 16.7. The number of aliphatic imine (C=N–C) groups is 1. The van der Waals surface area contributed by atoms with Crippen LogP contribution in [0.5, 0.6) is 5.75 Å². The van der Waals surface area contributed by atoms with Crippen LogP contribution in [0.2, 0.25) is 0 Å². The quantitative estimate of drug-likeness (QED) is 0.200. The number of hydrogen-bond donors (Lipinski definition) is 1. The molecule has 0 aliphatic carbocycles. The fraction of sp³-hybridized carbons (Fsp3) is 0.366. The van der Waals surface area contributed by atoms with Crippen molar-refractivity contribution in [2.75, 3.05) is 0 Å². The van der Waals surface area contributed by atoms with Crippen molar-refractivity contribution in [2.45, 2.75) is 98.3 Å². The smallest absolute Gasteiger partial charge is 0.128 e. The van der Waals surface area contributed by atoms with Gasteiger partial charge in [-0.1, -0.05) is 119 Å². The molecule has 0 aliphatic heterocycles. The Morgan fingerprint density at radius 1 is 0.733 bits per heavy atom. The Hall–Kier alpha value is -3.76. The van der Waals surface area contributed by atoms with E-state index in [1.54, 1.807) is 11.3 Å². The Labute approximate surface area is 274 Å². The van der Waals surface area contributed by atoms with Crippen LogP contribution in [-0.4, -0.2) is 16.3 Å². The van der Waals surface area contributed by atoms with Crippen LogP contribution >= 0.6 is 11.3 Å².